The Morgan fingerprint density at radius 2 is 1.77 bits per heavy atom. The summed E-state index contributed by atoms with van der Waals surface area (Å²) in [6, 6.07) is 7.72. The number of rotatable bonds is 9. The molecule has 0 saturated carbocycles. The number of nitrogens with one attached hydrogen (secondary N) is 1. The first-order valence-corrected chi connectivity index (χ1v) is 7.70. The third kappa shape index (κ3) is 6.61. The van der Waals surface area contributed by atoms with E-state index in [9.17, 15) is 9.59 Å². The van der Waals surface area contributed by atoms with Gasteiger partial charge in [-0.05, 0) is 37.1 Å². The van der Waals surface area contributed by atoms with Crippen LogP contribution in [0.3, 0.4) is 0 Å². The molecule has 0 fully saturated rings. The quantitative estimate of drug-likeness (QED) is 0.686. The molecule has 1 aromatic rings. The van der Waals surface area contributed by atoms with Gasteiger partial charge in [-0.25, -0.2) is 0 Å². The van der Waals surface area contributed by atoms with Crippen molar-refractivity contribution >= 4 is 23.3 Å². The van der Waals surface area contributed by atoms with Gasteiger partial charge >= 0.3 is 5.97 Å². The molecule has 1 rings (SSSR count). The number of benzene rings is 1. The molecule has 0 bridgehead atoms. The highest BCUT2D eigenvalue weighted by atomic mass is 16.4. The van der Waals surface area contributed by atoms with Crippen molar-refractivity contribution in [3.8, 4) is 0 Å². The second-order valence-electron chi connectivity index (χ2n) is 5.82. The van der Waals surface area contributed by atoms with E-state index in [4.69, 9.17) is 5.11 Å². The van der Waals surface area contributed by atoms with E-state index in [0.29, 0.717) is 6.42 Å². The average molecular weight is 306 g/mol. The van der Waals surface area contributed by atoms with Gasteiger partial charge in [0.2, 0.25) is 5.91 Å². The standard InChI is InChI=1S/C17H26N2O3/c1-13(7-5-4-6-8-16(20)21)17(22)18-14-9-11-15(12-10-14)19(2)3/h9-13H,4-8H2,1-3H3,(H,18,22)(H,20,21). The maximum atomic E-state index is 12.1. The molecule has 0 aliphatic heterocycles. The van der Waals surface area contributed by atoms with Gasteiger partial charge in [-0.1, -0.05) is 19.8 Å². The van der Waals surface area contributed by atoms with E-state index in [-0.39, 0.29) is 18.2 Å². The second kappa shape index (κ2) is 9.07. The van der Waals surface area contributed by atoms with Crippen molar-refractivity contribution < 1.29 is 14.7 Å². The fraction of sp³-hybridized carbons (Fsp3) is 0.529. The number of aliphatic carboxylic acids is 1. The van der Waals surface area contributed by atoms with Gasteiger partial charge in [0.05, 0.1) is 0 Å². The number of carboxylic acids is 1. The minimum atomic E-state index is -0.757. The van der Waals surface area contributed by atoms with E-state index < -0.39 is 5.97 Å². The summed E-state index contributed by atoms with van der Waals surface area (Å²) in [6.07, 6.45) is 3.39. The minimum Gasteiger partial charge on any atom is -0.481 e. The molecule has 0 radical (unpaired) electrons. The fourth-order valence-corrected chi connectivity index (χ4v) is 2.14. The van der Waals surface area contributed by atoms with Crippen molar-refractivity contribution in [2.45, 2.75) is 39.0 Å². The van der Waals surface area contributed by atoms with Crippen LogP contribution < -0.4 is 10.2 Å². The van der Waals surface area contributed by atoms with Crippen LogP contribution in [0.15, 0.2) is 24.3 Å². The predicted molar refractivity (Wildman–Crippen MR) is 89.3 cm³/mol. The third-order valence-corrected chi connectivity index (χ3v) is 3.63. The first-order valence-electron chi connectivity index (χ1n) is 7.70. The van der Waals surface area contributed by atoms with Gasteiger partial charge in [0, 0.05) is 37.8 Å². The summed E-state index contributed by atoms with van der Waals surface area (Å²) >= 11 is 0. The van der Waals surface area contributed by atoms with Gasteiger partial charge in [0.1, 0.15) is 0 Å². The van der Waals surface area contributed by atoms with Crippen LogP contribution in [-0.2, 0) is 9.59 Å². The van der Waals surface area contributed by atoms with Gasteiger partial charge < -0.3 is 15.3 Å². The zero-order valence-electron chi connectivity index (χ0n) is 13.6. The molecule has 22 heavy (non-hydrogen) atoms. The van der Waals surface area contributed by atoms with Crippen molar-refractivity contribution in [1.82, 2.24) is 0 Å². The molecule has 0 aliphatic carbocycles. The lowest BCUT2D eigenvalue weighted by atomic mass is 10.0. The number of unbranched alkanes of at least 4 members (excludes halogenated alkanes) is 2. The van der Waals surface area contributed by atoms with Crippen molar-refractivity contribution in [3.63, 3.8) is 0 Å². The Bertz CT molecular complexity index is 483. The van der Waals surface area contributed by atoms with Crippen LogP contribution in [0.2, 0.25) is 0 Å². The summed E-state index contributed by atoms with van der Waals surface area (Å²) in [5, 5.41) is 11.5. The molecule has 0 aromatic heterocycles. The largest absolute Gasteiger partial charge is 0.481 e. The Labute approximate surface area is 132 Å². The molecule has 5 nitrogen and oxygen atoms in total. The Morgan fingerprint density at radius 3 is 2.32 bits per heavy atom. The van der Waals surface area contributed by atoms with Crippen molar-refractivity contribution in [2.75, 3.05) is 24.3 Å². The van der Waals surface area contributed by atoms with E-state index in [2.05, 4.69) is 5.32 Å². The number of hydrogen-bond acceptors (Lipinski definition) is 3. The number of carboxylic acid groups (broad SMARTS) is 1. The molecule has 0 heterocycles. The molecule has 1 unspecified atom stereocenters. The molecular weight excluding hydrogens is 280 g/mol. The van der Waals surface area contributed by atoms with Crippen molar-refractivity contribution in [1.29, 1.82) is 0 Å². The fourth-order valence-electron chi connectivity index (χ4n) is 2.14. The van der Waals surface area contributed by atoms with Crippen molar-refractivity contribution in [3.05, 3.63) is 24.3 Å². The Balaban J connectivity index is 2.32. The lowest BCUT2D eigenvalue weighted by Gasteiger charge is -2.15. The first kappa shape index (κ1) is 18.0. The van der Waals surface area contributed by atoms with Gasteiger partial charge in [-0.3, -0.25) is 9.59 Å². The van der Waals surface area contributed by atoms with Crippen LogP contribution in [0.25, 0.3) is 0 Å². The van der Waals surface area contributed by atoms with E-state index in [0.717, 1.165) is 30.6 Å². The lowest BCUT2D eigenvalue weighted by Crippen LogP contribution is -2.20. The number of nitrogens with zero attached hydrogens (tertiary/aromatic N) is 1. The average Bonchev–Trinajstić information content (AvgIpc) is 2.46. The maximum Gasteiger partial charge on any atom is 0.303 e. The maximum absolute atomic E-state index is 12.1. The highest BCUT2D eigenvalue weighted by Gasteiger charge is 2.12. The molecule has 0 aliphatic rings. The SMILES string of the molecule is CC(CCCCCC(=O)O)C(=O)Nc1ccc(N(C)C)cc1. The molecular formula is C17H26N2O3. The van der Waals surface area contributed by atoms with E-state index in [1.807, 2.05) is 50.2 Å². The number of amides is 1. The zero-order chi connectivity index (χ0) is 16.5. The van der Waals surface area contributed by atoms with Crippen LogP contribution in [-0.4, -0.2) is 31.1 Å². The van der Waals surface area contributed by atoms with Gasteiger partial charge in [-0.2, -0.15) is 0 Å². The monoisotopic (exact) mass is 306 g/mol. The minimum absolute atomic E-state index is 0.0100. The van der Waals surface area contributed by atoms with Crippen LogP contribution in [0.5, 0.6) is 0 Å². The van der Waals surface area contributed by atoms with E-state index in [1.54, 1.807) is 0 Å². The number of anilines is 2. The molecule has 0 spiro atoms. The summed E-state index contributed by atoms with van der Waals surface area (Å²) in [5.41, 5.74) is 1.89. The molecule has 1 aromatic carbocycles. The molecule has 5 heteroatoms. The van der Waals surface area contributed by atoms with Gasteiger partial charge in [0.15, 0.2) is 0 Å². The van der Waals surface area contributed by atoms with Crippen LogP contribution in [0, 0.1) is 5.92 Å². The Morgan fingerprint density at radius 1 is 1.14 bits per heavy atom. The number of carbonyl (C=O) groups is 2. The third-order valence-electron chi connectivity index (χ3n) is 3.63. The summed E-state index contributed by atoms with van der Waals surface area (Å²) in [4.78, 5) is 24.5. The van der Waals surface area contributed by atoms with Gasteiger partial charge in [0.25, 0.3) is 0 Å². The van der Waals surface area contributed by atoms with Crippen LogP contribution >= 0.6 is 0 Å². The normalized spacial score (nSPS) is 11.8. The van der Waals surface area contributed by atoms with Gasteiger partial charge in [-0.15, -0.1) is 0 Å². The Hall–Kier alpha value is -2.04. The van der Waals surface area contributed by atoms with Crippen LogP contribution in [0.4, 0.5) is 11.4 Å². The molecule has 2 N–H and O–H groups in total. The first-order chi connectivity index (χ1) is 10.4. The number of hydrogen-bond donors (Lipinski definition) is 2. The molecule has 1 amide bonds. The zero-order valence-corrected chi connectivity index (χ0v) is 13.6. The topological polar surface area (TPSA) is 69.6 Å². The molecule has 1 atom stereocenters. The summed E-state index contributed by atoms with van der Waals surface area (Å²) in [5.74, 6) is -0.818. The number of carbonyl (C=O) groups excluding carboxylic acids is 1. The highest BCUT2D eigenvalue weighted by Crippen LogP contribution is 2.18. The van der Waals surface area contributed by atoms with E-state index in [1.165, 1.54) is 0 Å². The van der Waals surface area contributed by atoms with Crippen LogP contribution in [0.1, 0.15) is 39.0 Å². The Kier molecular flexibility index (Phi) is 7.43. The summed E-state index contributed by atoms with van der Waals surface area (Å²) in [7, 11) is 3.94. The summed E-state index contributed by atoms with van der Waals surface area (Å²) < 4.78 is 0. The highest BCUT2D eigenvalue weighted by molar-refractivity contribution is 5.92. The molecule has 0 saturated heterocycles. The van der Waals surface area contributed by atoms with E-state index >= 15 is 0 Å². The second-order valence-corrected chi connectivity index (χ2v) is 5.82. The van der Waals surface area contributed by atoms with Crippen molar-refractivity contribution in [2.24, 2.45) is 5.92 Å². The summed E-state index contributed by atoms with van der Waals surface area (Å²) in [6.45, 7) is 1.90. The predicted octanol–water partition coefficient (Wildman–Crippen LogP) is 3.36. The lowest BCUT2D eigenvalue weighted by molar-refractivity contribution is -0.137. The smallest absolute Gasteiger partial charge is 0.303 e. The molecule has 122 valence electrons.